The molecule has 1 rings (SSSR count). The third kappa shape index (κ3) is 4.41. The number of benzene rings is 1. The Morgan fingerprint density at radius 3 is 2.38 bits per heavy atom. The summed E-state index contributed by atoms with van der Waals surface area (Å²) in [7, 11) is 0. The van der Waals surface area contributed by atoms with Crippen molar-refractivity contribution in [3.05, 3.63) is 46.0 Å². The highest BCUT2D eigenvalue weighted by molar-refractivity contribution is 5.95. The highest BCUT2D eigenvalue weighted by atomic mass is 16.6. The molecule has 1 unspecified atom stereocenters. The molecule has 0 aliphatic heterocycles. The van der Waals surface area contributed by atoms with Gasteiger partial charge in [-0.1, -0.05) is 6.92 Å². The van der Waals surface area contributed by atoms with E-state index in [0.717, 1.165) is 0 Å². The number of hydrogen-bond donors (Lipinski definition) is 2. The number of carbonyl (C=O) groups is 2. The molecule has 0 saturated carbocycles. The molecule has 0 aromatic heterocycles. The standard InChI is InChI=1S/C14H16N2O5/c1-3-14(2,13(18)19)15-12(17)9-6-10-4-7-11(8-5-10)16(20)21/h4-9H,3H2,1-2H3,(H,15,17)(H,18,19). The van der Waals surface area contributed by atoms with Crippen molar-refractivity contribution in [2.24, 2.45) is 0 Å². The van der Waals surface area contributed by atoms with Gasteiger partial charge >= 0.3 is 5.97 Å². The molecule has 0 aliphatic carbocycles. The molecule has 1 amide bonds. The monoisotopic (exact) mass is 292 g/mol. The lowest BCUT2D eigenvalue weighted by Crippen LogP contribution is -2.51. The predicted molar refractivity (Wildman–Crippen MR) is 76.6 cm³/mol. The number of amides is 1. The van der Waals surface area contributed by atoms with Gasteiger partial charge in [-0.05, 0) is 37.1 Å². The Labute approximate surface area is 121 Å². The summed E-state index contributed by atoms with van der Waals surface area (Å²) in [4.78, 5) is 32.7. The van der Waals surface area contributed by atoms with Crippen LogP contribution in [0.3, 0.4) is 0 Å². The number of nitro groups is 1. The zero-order valence-corrected chi connectivity index (χ0v) is 11.7. The predicted octanol–water partition coefficient (Wildman–Crippen LogP) is 1.98. The summed E-state index contributed by atoms with van der Waals surface area (Å²) in [5.74, 6) is -1.65. The molecule has 7 heteroatoms. The summed E-state index contributed by atoms with van der Waals surface area (Å²) >= 11 is 0. The fraction of sp³-hybridized carbons (Fsp3) is 0.286. The summed E-state index contributed by atoms with van der Waals surface area (Å²) in [6, 6.07) is 5.65. The zero-order chi connectivity index (χ0) is 16.0. The molecule has 1 aromatic rings. The van der Waals surface area contributed by atoms with Crippen LogP contribution in [-0.4, -0.2) is 27.4 Å². The zero-order valence-electron chi connectivity index (χ0n) is 11.7. The van der Waals surface area contributed by atoms with Gasteiger partial charge in [0.05, 0.1) is 4.92 Å². The van der Waals surface area contributed by atoms with E-state index in [4.69, 9.17) is 5.11 Å². The minimum atomic E-state index is -1.32. The van der Waals surface area contributed by atoms with Crippen LogP contribution in [0.5, 0.6) is 0 Å². The van der Waals surface area contributed by atoms with Crippen LogP contribution in [-0.2, 0) is 9.59 Å². The number of carboxylic acids is 1. The van der Waals surface area contributed by atoms with Gasteiger partial charge in [0.25, 0.3) is 5.69 Å². The maximum absolute atomic E-state index is 11.7. The summed E-state index contributed by atoms with van der Waals surface area (Å²) < 4.78 is 0. The van der Waals surface area contributed by atoms with E-state index in [0.29, 0.717) is 5.56 Å². The molecule has 0 spiro atoms. The lowest BCUT2D eigenvalue weighted by Gasteiger charge is -2.23. The topological polar surface area (TPSA) is 110 Å². The third-order valence-corrected chi connectivity index (χ3v) is 3.11. The second-order valence-corrected chi connectivity index (χ2v) is 4.66. The van der Waals surface area contributed by atoms with Crippen LogP contribution in [0, 0.1) is 10.1 Å². The quantitative estimate of drug-likeness (QED) is 0.473. The van der Waals surface area contributed by atoms with Gasteiger partial charge in [-0.25, -0.2) is 4.79 Å². The average Bonchev–Trinajstić information content (AvgIpc) is 2.45. The lowest BCUT2D eigenvalue weighted by atomic mass is 9.99. The van der Waals surface area contributed by atoms with Gasteiger partial charge in [0, 0.05) is 18.2 Å². The van der Waals surface area contributed by atoms with Gasteiger partial charge in [-0.3, -0.25) is 14.9 Å². The van der Waals surface area contributed by atoms with Gasteiger partial charge in [-0.15, -0.1) is 0 Å². The van der Waals surface area contributed by atoms with E-state index in [1.54, 1.807) is 6.92 Å². The first-order valence-electron chi connectivity index (χ1n) is 6.26. The van der Waals surface area contributed by atoms with Crippen LogP contribution in [0.1, 0.15) is 25.8 Å². The highest BCUT2D eigenvalue weighted by Gasteiger charge is 2.31. The van der Waals surface area contributed by atoms with Gasteiger partial charge in [0.15, 0.2) is 0 Å². The Kier molecular flexibility index (Phi) is 5.18. The molecular formula is C14H16N2O5. The van der Waals surface area contributed by atoms with Crippen molar-refractivity contribution in [2.75, 3.05) is 0 Å². The normalized spacial score (nSPS) is 13.6. The Hall–Kier alpha value is -2.70. The molecular weight excluding hydrogens is 276 g/mol. The molecule has 0 aliphatic rings. The minimum absolute atomic E-state index is 0.0407. The molecule has 1 aromatic carbocycles. The van der Waals surface area contributed by atoms with E-state index in [9.17, 15) is 19.7 Å². The number of aliphatic carboxylic acids is 1. The molecule has 0 fully saturated rings. The van der Waals surface area contributed by atoms with E-state index in [-0.39, 0.29) is 12.1 Å². The first kappa shape index (κ1) is 16.4. The third-order valence-electron chi connectivity index (χ3n) is 3.11. The fourth-order valence-electron chi connectivity index (χ4n) is 1.49. The summed E-state index contributed by atoms with van der Waals surface area (Å²) in [5, 5.41) is 22.0. The Morgan fingerprint density at radius 2 is 1.95 bits per heavy atom. The summed E-state index contributed by atoms with van der Waals surface area (Å²) in [5.41, 5.74) is -0.762. The van der Waals surface area contributed by atoms with E-state index in [1.807, 2.05) is 0 Å². The molecule has 21 heavy (non-hydrogen) atoms. The van der Waals surface area contributed by atoms with Crippen LogP contribution < -0.4 is 5.32 Å². The second-order valence-electron chi connectivity index (χ2n) is 4.66. The van der Waals surface area contributed by atoms with Crippen molar-refractivity contribution in [1.82, 2.24) is 5.32 Å². The fourth-order valence-corrected chi connectivity index (χ4v) is 1.49. The smallest absolute Gasteiger partial charge is 0.329 e. The number of carboxylic acid groups (broad SMARTS) is 1. The molecule has 1 atom stereocenters. The van der Waals surface area contributed by atoms with Crippen LogP contribution in [0.4, 0.5) is 5.69 Å². The Morgan fingerprint density at radius 1 is 1.38 bits per heavy atom. The van der Waals surface area contributed by atoms with Crippen molar-refractivity contribution in [2.45, 2.75) is 25.8 Å². The van der Waals surface area contributed by atoms with Crippen LogP contribution >= 0.6 is 0 Å². The number of carbonyl (C=O) groups excluding carboxylic acids is 1. The van der Waals surface area contributed by atoms with E-state index >= 15 is 0 Å². The van der Waals surface area contributed by atoms with Crippen LogP contribution in [0.2, 0.25) is 0 Å². The number of non-ortho nitro benzene ring substituents is 1. The van der Waals surface area contributed by atoms with Crippen molar-refractivity contribution < 1.29 is 19.6 Å². The minimum Gasteiger partial charge on any atom is -0.480 e. The SMILES string of the molecule is CCC(C)(NC(=O)C=Cc1ccc([N+](=O)[O-])cc1)C(=O)O. The Bertz CT molecular complexity index is 580. The number of hydrogen-bond acceptors (Lipinski definition) is 4. The first-order valence-corrected chi connectivity index (χ1v) is 6.26. The van der Waals surface area contributed by atoms with E-state index in [2.05, 4.69) is 5.32 Å². The van der Waals surface area contributed by atoms with Crippen molar-refractivity contribution in [3.8, 4) is 0 Å². The van der Waals surface area contributed by atoms with Gasteiger partial charge in [0.1, 0.15) is 5.54 Å². The van der Waals surface area contributed by atoms with Gasteiger partial charge in [-0.2, -0.15) is 0 Å². The molecule has 112 valence electrons. The van der Waals surface area contributed by atoms with Crippen molar-refractivity contribution in [1.29, 1.82) is 0 Å². The lowest BCUT2D eigenvalue weighted by molar-refractivity contribution is -0.384. The summed E-state index contributed by atoms with van der Waals surface area (Å²) in [6.45, 7) is 3.08. The number of nitrogens with one attached hydrogen (secondary N) is 1. The van der Waals surface area contributed by atoms with E-state index < -0.39 is 22.3 Å². The molecule has 0 bridgehead atoms. The molecule has 7 nitrogen and oxygen atoms in total. The molecule has 2 N–H and O–H groups in total. The average molecular weight is 292 g/mol. The first-order chi connectivity index (χ1) is 9.78. The van der Waals surface area contributed by atoms with Crippen molar-refractivity contribution in [3.63, 3.8) is 0 Å². The van der Waals surface area contributed by atoms with E-state index in [1.165, 1.54) is 43.3 Å². The number of nitrogens with zero attached hydrogens (tertiary/aromatic N) is 1. The number of rotatable bonds is 6. The maximum Gasteiger partial charge on any atom is 0.329 e. The van der Waals surface area contributed by atoms with Crippen LogP contribution in [0.25, 0.3) is 6.08 Å². The number of nitro benzene ring substituents is 1. The second kappa shape index (κ2) is 6.65. The maximum atomic E-state index is 11.7. The molecule has 0 radical (unpaired) electrons. The highest BCUT2D eigenvalue weighted by Crippen LogP contribution is 2.13. The Balaban J connectivity index is 2.74. The van der Waals surface area contributed by atoms with Crippen molar-refractivity contribution >= 4 is 23.6 Å². The molecule has 0 saturated heterocycles. The molecule has 0 heterocycles. The largest absolute Gasteiger partial charge is 0.480 e. The van der Waals surface area contributed by atoms with Crippen LogP contribution in [0.15, 0.2) is 30.3 Å². The summed E-state index contributed by atoms with van der Waals surface area (Å²) in [6.07, 6.45) is 2.90. The van der Waals surface area contributed by atoms with Gasteiger partial charge in [0.2, 0.25) is 5.91 Å². The van der Waals surface area contributed by atoms with Gasteiger partial charge < -0.3 is 10.4 Å².